The van der Waals surface area contributed by atoms with Crippen molar-refractivity contribution < 1.29 is 22.4 Å². The van der Waals surface area contributed by atoms with E-state index in [9.17, 15) is 22.4 Å². The molecule has 28 heavy (non-hydrogen) atoms. The van der Waals surface area contributed by atoms with Crippen LogP contribution >= 0.6 is 11.3 Å². The molecule has 3 N–H and O–H groups in total. The second-order valence-electron chi connectivity index (χ2n) is 5.78. The minimum Gasteiger partial charge on any atom is -0.366 e. The number of thiophene rings is 1. The van der Waals surface area contributed by atoms with Gasteiger partial charge in [0.1, 0.15) is 9.21 Å². The van der Waals surface area contributed by atoms with Crippen molar-refractivity contribution in [2.75, 3.05) is 5.32 Å². The fourth-order valence-electron chi connectivity index (χ4n) is 2.34. The smallest absolute Gasteiger partial charge is 0.260 e. The Hall–Kier alpha value is -3.11. The van der Waals surface area contributed by atoms with Gasteiger partial charge < -0.3 is 11.1 Å². The van der Waals surface area contributed by atoms with Crippen LogP contribution in [0.1, 0.15) is 26.3 Å². The highest BCUT2D eigenvalue weighted by Crippen LogP contribution is 2.35. The van der Waals surface area contributed by atoms with Gasteiger partial charge in [-0.15, -0.1) is 11.3 Å². The Balaban J connectivity index is 2.01. The molecule has 0 aliphatic heterocycles. The zero-order chi connectivity index (χ0) is 20.5. The monoisotopic (exact) mass is 419 g/mol. The number of aromatic nitrogens is 1. The highest BCUT2D eigenvalue weighted by molar-refractivity contribution is 7.93. The quantitative estimate of drug-likeness (QED) is 0.616. The summed E-state index contributed by atoms with van der Waals surface area (Å²) in [6.45, 7) is 1.82. The SMILES string of the molecule is Cc1ccc(S(=O)(=O)c2cc(C(N)=O)c(NC(=O)c3cccnc3F)s2)cc1. The summed E-state index contributed by atoms with van der Waals surface area (Å²) >= 11 is 0.659. The summed E-state index contributed by atoms with van der Waals surface area (Å²) in [7, 11) is -3.93. The van der Waals surface area contributed by atoms with E-state index in [4.69, 9.17) is 5.73 Å². The number of carbonyl (C=O) groups excluding carboxylic acids is 2. The van der Waals surface area contributed by atoms with Crippen LogP contribution in [-0.4, -0.2) is 25.2 Å². The molecule has 10 heteroatoms. The molecule has 0 aliphatic rings. The van der Waals surface area contributed by atoms with Crippen LogP contribution in [0.2, 0.25) is 0 Å². The Morgan fingerprint density at radius 1 is 1.14 bits per heavy atom. The molecule has 1 aromatic carbocycles. The van der Waals surface area contributed by atoms with Gasteiger partial charge in [0.05, 0.1) is 16.0 Å². The Labute approximate surface area is 164 Å². The minimum atomic E-state index is -3.93. The predicted octanol–water partition coefficient (Wildman–Crippen LogP) is 2.77. The van der Waals surface area contributed by atoms with Gasteiger partial charge in [-0.05, 0) is 37.3 Å². The van der Waals surface area contributed by atoms with Crippen molar-refractivity contribution in [1.29, 1.82) is 0 Å². The fraction of sp³-hybridized carbons (Fsp3) is 0.0556. The normalized spacial score (nSPS) is 11.2. The Morgan fingerprint density at radius 2 is 1.82 bits per heavy atom. The van der Waals surface area contributed by atoms with Crippen LogP contribution in [0, 0.1) is 12.9 Å². The molecule has 0 aliphatic carbocycles. The average Bonchev–Trinajstić information content (AvgIpc) is 3.07. The molecule has 0 fully saturated rings. The van der Waals surface area contributed by atoms with E-state index in [1.165, 1.54) is 30.5 Å². The maximum absolute atomic E-state index is 13.7. The van der Waals surface area contributed by atoms with Crippen LogP contribution in [-0.2, 0) is 9.84 Å². The van der Waals surface area contributed by atoms with Gasteiger partial charge in [-0.3, -0.25) is 9.59 Å². The van der Waals surface area contributed by atoms with Crippen LogP contribution in [0.25, 0.3) is 0 Å². The van der Waals surface area contributed by atoms with E-state index in [0.717, 1.165) is 11.6 Å². The van der Waals surface area contributed by atoms with Crippen LogP contribution in [0.4, 0.5) is 9.39 Å². The molecule has 2 heterocycles. The fourth-order valence-corrected chi connectivity index (χ4v) is 5.10. The van der Waals surface area contributed by atoms with E-state index in [1.54, 1.807) is 12.1 Å². The summed E-state index contributed by atoms with van der Waals surface area (Å²) in [4.78, 5) is 27.4. The van der Waals surface area contributed by atoms with Crippen molar-refractivity contribution in [3.63, 3.8) is 0 Å². The molecule has 2 amide bonds. The Morgan fingerprint density at radius 3 is 2.43 bits per heavy atom. The van der Waals surface area contributed by atoms with Gasteiger partial charge in [0.15, 0.2) is 0 Å². The lowest BCUT2D eigenvalue weighted by Gasteiger charge is -2.05. The largest absolute Gasteiger partial charge is 0.366 e. The number of pyridine rings is 1. The van der Waals surface area contributed by atoms with Crippen molar-refractivity contribution in [2.24, 2.45) is 5.73 Å². The second-order valence-corrected chi connectivity index (χ2v) is 9.01. The van der Waals surface area contributed by atoms with Gasteiger partial charge in [0, 0.05) is 6.20 Å². The lowest BCUT2D eigenvalue weighted by atomic mass is 10.2. The van der Waals surface area contributed by atoms with Gasteiger partial charge in [-0.25, -0.2) is 13.4 Å². The lowest BCUT2D eigenvalue weighted by molar-refractivity contribution is 0.100. The third kappa shape index (κ3) is 3.78. The summed E-state index contributed by atoms with van der Waals surface area (Å²) < 4.78 is 39.2. The van der Waals surface area contributed by atoms with Gasteiger partial charge >= 0.3 is 0 Å². The third-order valence-corrected chi connectivity index (χ3v) is 7.10. The van der Waals surface area contributed by atoms with Crippen LogP contribution < -0.4 is 11.1 Å². The Kier molecular flexibility index (Phi) is 5.25. The van der Waals surface area contributed by atoms with E-state index in [2.05, 4.69) is 10.3 Å². The molecule has 0 spiro atoms. The van der Waals surface area contributed by atoms with E-state index in [1.807, 2.05) is 6.92 Å². The first-order chi connectivity index (χ1) is 13.2. The van der Waals surface area contributed by atoms with Crippen molar-refractivity contribution >= 4 is 38.0 Å². The van der Waals surface area contributed by atoms with Crippen molar-refractivity contribution in [1.82, 2.24) is 4.98 Å². The number of amides is 2. The molecule has 0 saturated heterocycles. The number of nitrogens with two attached hydrogens (primary N) is 1. The van der Waals surface area contributed by atoms with Crippen molar-refractivity contribution in [3.05, 3.63) is 71.3 Å². The maximum Gasteiger partial charge on any atom is 0.260 e. The zero-order valence-electron chi connectivity index (χ0n) is 14.5. The van der Waals surface area contributed by atoms with Crippen molar-refractivity contribution in [3.8, 4) is 0 Å². The molecule has 0 radical (unpaired) electrons. The number of benzene rings is 1. The van der Waals surface area contributed by atoms with Gasteiger partial charge in [-0.2, -0.15) is 4.39 Å². The van der Waals surface area contributed by atoms with E-state index in [0.29, 0.717) is 11.3 Å². The second kappa shape index (κ2) is 7.49. The molecule has 3 aromatic rings. The van der Waals surface area contributed by atoms with Crippen LogP contribution in [0.3, 0.4) is 0 Å². The van der Waals surface area contributed by atoms with Gasteiger partial charge in [-0.1, -0.05) is 17.7 Å². The number of primary amides is 1. The first-order valence-electron chi connectivity index (χ1n) is 7.87. The maximum atomic E-state index is 13.7. The van der Waals surface area contributed by atoms with Crippen LogP contribution in [0.15, 0.2) is 57.8 Å². The number of anilines is 1. The van der Waals surface area contributed by atoms with Crippen molar-refractivity contribution in [2.45, 2.75) is 16.0 Å². The third-order valence-electron chi connectivity index (χ3n) is 3.80. The lowest BCUT2D eigenvalue weighted by Crippen LogP contribution is -2.17. The summed E-state index contributed by atoms with van der Waals surface area (Å²) in [5.41, 5.74) is 5.65. The number of nitrogens with zero attached hydrogens (tertiary/aromatic N) is 1. The number of aryl methyl sites for hydroxylation is 1. The molecule has 0 unspecified atom stereocenters. The van der Waals surface area contributed by atoms with E-state index in [-0.39, 0.29) is 25.2 Å². The minimum absolute atomic E-state index is 0.0338. The predicted molar refractivity (Wildman–Crippen MR) is 102 cm³/mol. The molecule has 3 rings (SSSR count). The number of nitrogens with one attached hydrogen (secondary N) is 1. The summed E-state index contributed by atoms with van der Waals surface area (Å²) in [5.74, 6) is -2.80. The molecule has 0 atom stereocenters. The average molecular weight is 419 g/mol. The standard InChI is InChI=1S/C18H14FN3O4S2/c1-10-4-6-11(7-5-10)28(25,26)14-9-13(16(20)23)18(27-14)22-17(24)12-3-2-8-21-15(12)19/h2-9H,1H3,(H2,20,23)(H,22,24). The molecule has 0 saturated carbocycles. The molecule has 2 aromatic heterocycles. The number of hydrogen-bond acceptors (Lipinski definition) is 6. The summed E-state index contributed by atoms with van der Waals surface area (Å²) in [6, 6.07) is 9.84. The molecule has 0 bridgehead atoms. The molecular weight excluding hydrogens is 405 g/mol. The number of halogens is 1. The molecule has 7 nitrogen and oxygen atoms in total. The van der Waals surface area contributed by atoms with E-state index < -0.39 is 27.6 Å². The van der Waals surface area contributed by atoms with Gasteiger partial charge in [0.25, 0.3) is 11.8 Å². The zero-order valence-corrected chi connectivity index (χ0v) is 16.1. The number of sulfone groups is 1. The van der Waals surface area contributed by atoms with Gasteiger partial charge in [0.2, 0.25) is 15.8 Å². The highest BCUT2D eigenvalue weighted by Gasteiger charge is 2.26. The topological polar surface area (TPSA) is 119 Å². The molecule has 144 valence electrons. The number of rotatable bonds is 5. The first kappa shape index (κ1) is 19.6. The number of hydrogen-bond donors (Lipinski definition) is 2. The summed E-state index contributed by atoms with van der Waals surface area (Å²) in [5, 5.41) is 2.25. The summed E-state index contributed by atoms with van der Waals surface area (Å²) in [6.07, 6.45) is 1.18. The molecular formula is C18H14FN3O4S2. The van der Waals surface area contributed by atoms with E-state index >= 15 is 0 Å². The number of carbonyl (C=O) groups is 2. The van der Waals surface area contributed by atoms with Crippen LogP contribution in [0.5, 0.6) is 0 Å². The highest BCUT2D eigenvalue weighted by atomic mass is 32.2. The Bertz CT molecular complexity index is 1170. The first-order valence-corrected chi connectivity index (χ1v) is 10.2.